The molecule has 0 spiro atoms. The molecule has 1 aromatic heterocycles. The van der Waals surface area contributed by atoms with Crippen molar-refractivity contribution in [2.45, 2.75) is 13.0 Å². The van der Waals surface area contributed by atoms with Gasteiger partial charge >= 0.3 is 0 Å². The maximum Gasteiger partial charge on any atom is 0.248 e. The third-order valence-corrected chi connectivity index (χ3v) is 1.26. The highest BCUT2D eigenvalue weighted by atomic mass is 14.8. The Morgan fingerprint density at radius 3 is 2.60 bits per heavy atom. The van der Waals surface area contributed by atoms with Gasteiger partial charge in [-0.1, -0.05) is 0 Å². The molecule has 3 heteroatoms. The van der Waals surface area contributed by atoms with Crippen LogP contribution < -0.4 is 0 Å². The Labute approximate surface area is 59.6 Å². The highest BCUT2D eigenvalue weighted by Crippen LogP contribution is 2.12. The Hall–Kier alpha value is -1.43. The zero-order valence-electron chi connectivity index (χ0n) is 5.65. The van der Waals surface area contributed by atoms with Gasteiger partial charge < -0.3 is 4.85 Å². The highest BCUT2D eigenvalue weighted by molar-refractivity contribution is 5.11. The molecule has 0 fully saturated rings. The van der Waals surface area contributed by atoms with Gasteiger partial charge in [-0.25, -0.2) is 16.5 Å². The van der Waals surface area contributed by atoms with Crippen molar-refractivity contribution < 1.29 is 0 Å². The molecule has 3 nitrogen and oxygen atoms in total. The first-order chi connectivity index (χ1) is 4.84. The van der Waals surface area contributed by atoms with Crippen molar-refractivity contribution in [3.8, 4) is 0 Å². The lowest BCUT2D eigenvalue weighted by Crippen LogP contribution is -1.88. The molecule has 1 rings (SSSR count). The van der Waals surface area contributed by atoms with Crippen molar-refractivity contribution in [1.82, 2.24) is 9.97 Å². The lowest BCUT2D eigenvalue weighted by atomic mass is 10.2. The Bertz CT molecular complexity index is 237. The Kier molecular flexibility index (Phi) is 1.96. The summed E-state index contributed by atoms with van der Waals surface area (Å²) in [7, 11) is 0. The van der Waals surface area contributed by atoms with Gasteiger partial charge in [0.15, 0.2) is 0 Å². The van der Waals surface area contributed by atoms with Gasteiger partial charge in [-0.15, -0.1) is 0 Å². The van der Waals surface area contributed by atoms with Gasteiger partial charge in [-0.3, -0.25) is 0 Å². The normalized spacial score (nSPS) is 12.0. The Morgan fingerprint density at radius 1 is 1.50 bits per heavy atom. The average molecular weight is 133 g/mol. The molecule has 0 aliphatic rings. The van der Waals surface area contributed by atoms with E-state index in [0.717, 1.165) is 5.56 Å². The second-order valence-corrected chi connectivity index (χ2v) is 1.98. The van der Waals surface area contributed by atoms with Crippen LogP contribution in [-0.4, -0.2) is 9.97 Å². The van der Waals surface area contributed by atoms with Crippen molar-refractivity contribution in [3.63, 3.8) is 0 Å². The maximum absolute atomic E-state index is 6.72. The first-order valence-electron chi connectivity index (χ1n) is 2.96. The van der Waals surface area contributed by atoms with Crippen LogP contribution in [0.2, 0.25) is 0 Å². The summed E-state index contributed by atoms with van der Waals surface area (Å²) in [5, 5.41) is 0. The summed E-state index contributed by atoms with van der Waals surface area (Å²) >= 11 is 0. The molecule has 1 heterocycles. The van der Waals surface area contributed by atoms with Crippen LogP contribution in [0, 0.1) is 6.57 Å². The highest BCUT2D eigenvalue weighted by Gasteiger charge is 2.06. The molecule has 0 radical (unpaired) electrons. The fourth-order valence-corrected chi connectivity index (χ4v) is 0.601. The molecule has 50 valence electrons. The molecule has 10 heavy (non-hydrogen) atoms. The predicted octanol–water partition coefficient (Wildman–Crippen LogP) is 1.46. The average Bonchev–Trinajstić information content (AvgIpc) is 2.05. The van der Waals surface area contributed by atoms with E-state index in [1.807, 2.05) is 6.92 Å². The molecule has 0 amide bonds. The molecule has 0 bridgehead atoms. The van der Waals surface area contributed by atoms with E-state index in [4.69, 9.17) is 6.57 Å². The fraction of sp³-hybridized carbons (Fsp3) is 0.286. The molecule has 0 aliphatic carbocycles. The monoisotopic (exact) mass is 133 g/mol. The zero-order valence-corrected chi connectivity index (χ0v) is 5.65. The molecular formula is C7H7N3. The number of hydrogen-bond donors (Lipinski definition) is 0. The Morgan fingerprint density at radius 2 is 2.10 bits per heavy atom. The van der Waals surface area contributed by atoms with E-state index in [-0.39, 0.29) is 6.04 Å². The van der Waals surface area contributed by atoms with Gasteiger partial charge in [0.25, 0.3) is 0 Å². The Balaban J connectivity index is 2.88. The summed E-state index contributed by atoms with van der Waals surface area (Å²) < 4.78 is 0. The van der Waals surface area contributed by atoms with Crippen molar-refractivity contribution in [3.05, 3.63) is 35.7 Å². The molecule has 0 saturated heterocycles. The third kappa shape index (κ3) is 1.29. The fourth-order valence-electron chi connectivity index (χ4n) is 0.601. The van der Waals surface area contributed by atoms with E-state index in [2.05, 4.69) is 14.8 Å². The van der Waals surface area contributed by atoms with Gasteiger partial charge in [0, 0.05) is 19.3 Å². The summed E-state index contributed by atoms with van der Waals surface area (Å²) in [5.41, 5.74) is 0.873. The molecule has 0 saturated carbocycles. The van der Waals surface area contributed by atoms with Crippen LogP contribution in [0.1, 0.15) is 18.5 Å². The minimum absolute atomic E-state index is 0.124. The van der Waals surface area contributed by atoms with Crippen LogP contribution >= 0.6 is 0 Å². The summed E-state index contributed by atoms with van der Waals surface area (Å²) in [6.45, 7) is 8.54. The lowest BCUT2D eigenvalue weighted by molar-refractivity contribution is 0.925. The standard InChI is InChI=1S/C7H7N3/c1-6(8-2)7-3-9-5-10-4-7/h3-6H,1H3. The molecule has 1 atom stereocenters. The minimum atomic E-state index is -0.124. The number of aromatic nitrogens is 2. The number of rotatable bonds is 1. The van der Waals surface area contributed by atoms with Crippen LogP contribution in [0.25, 0.3) is 4.85 Å². The van der Waals surface area contributed by atoms with E-state index in [0.29, 0.717) is 0 Å². The van der Waals surface area contributed by atoms with Gasteiger partial charge in [0.05, 0.1) is 5.56 Å². The van der Waals surface area contributed by atoms with E-state index in [1.54, 1.807) is 12.4 Å². The second kappa shape index (κ2) is 2.92. The SMILES string of the molecule is [C-]#[N+]C(C)c1cncnc1. The van der Waals surface area contributed by atoms with Gasteiger partial charge in [-0.2, -0.15) is 0 Å². The smallest absolute Gasteiger partial charge is 0.248 e. The van der Waals surface area contributed by atoms with Crippen molar-refractivity contribution in [1.29, 1.82) is 0 Å². The second-order valence-electron chi connectivity index (χ2n) is 1.98. The summed E-state index contributed by atoms with van der Waals surface area (Å²) in [5.74, 6) is 0. The summed E-state index contributed by atoms with van der Waals surface area (Å²) in [6, 6.07) is -0.124. The molecular weight excluding hydrogens is 126 g/mol. The molecule has 0 aromatic carbocycles. The minimum Gasteiger partial charge on any atom is -0.309 e. The summed E-state index contributed by atoms with van der Waals surface area (Å²) in [6.07, 6.45) is 4.78. The van der Waals surface area contributed by atoms with Crippen LogP contribution in [-0.2, 0) is 0 Å². The molecule has 0 aliphatic heterocycles. The van der Waals surface area contributed by atoms with Crippen LogP contribution in [0.3, 0.4) is 0 Å². The van der Waals surface area contributed by atoms with Crippen LogP contribution in [0.4, 0.5) is 0 Å². The van der Waals surface area contributed by atoms with Crippen LogP contribution in [0.5, 0.6) is 0 Å². The molecule has 1 aromatic rings. The largest absolute Gasteiger partial charge is 0.309 e. The number of hydrogen-bond acceptors (Lipinski definition) is 2. The predicted molar refractivity (Wildman–Crippen MR) is 37.0 cm³/mol. The topological polar surface area (TPSA) is 30.1 Å². The van der Waals surface area contributed by atoms with Crippen molar-refractivity contribution >= 4 is 0 Å². The number of nitrogens with zero attached hydrogens (tertiary/aromatic N) is 3. The maximum atomic E-state index is 6.72. The van der Waals surface area contributed by atoms with E-state index < -0.39 is 0 Å². The quantitative estimate of drug-likeness (QED) is 0.543. The van der Waals surface area contributed by atoms with Gasteiger partial charge in [-0.05, 0) is 0 Å². The van der Waals surface area contributed by atoms with E-state index in [1.165, 1.54) is 6.33 Å². The van der Waals surface area contributed by atoms with E-state index >= 15 is 0 Å². The zero-order chi connectivity index (χ0) is 7.40. The first-order valence-corrected chi connectivity index (χ1v) is 2.96. The van der Waals surface area contributed by atoms with E-state index in [9.17, 15) is 0 Å². The first kappa shape index (κ1) is 6.69. The van der Waals surface area contributed by atoms with Crippen molar-refractivity contribution in [2.24, 2.45) is 0 Å². The summed E-state index contributed by atoms with van der Waals surface area (Å²) in [4.78, 5) is 10.9. The lowest BCUT2D eigenvalue weighted by Gasteiger charge is -1.94. The third-order valence-electron chi connectivity index (χ3n) is 1.26. The molecule has 1 unspecified atom stereocenters. The van der Waals surface area contributed by atoms with Crippen LogP contribution in [0.15, 0.2) is 18.7 Å². The van der Waals surface area contributed by atoms with Crippen molar-refractivity contribution in [2.75, 3.05) is 0 Å². The van der Waals surface area contributed by atoms with Gasteiger partial charge in [0.2, 0.25) is 6.04 Å². The molecule has 0 N–H and O–H groups in total. The van der Waals surface area contributed by atoms with Gasteiger partial charge in [0.1, 0.15) is 6.33 Å².